The third kappa shape index (κ3) is 2.97. The van der Waals surface area contributed by atoms with Crippen LogP contribution in [0.5, 0.6) is 5.75 Å². The highest BCUT2D eigenvalue weighted by Gasteiger charge is 2.13. The highest BCUT2D eigenvalue weighted by molar-refractivity contribution is 5.99. The summed E-state index contributed by atoms with van der Waals surface area (Å²) in [6.45, 7) is 0. The average Bonchev–Trinajstić information content (AvgIpc) is 2.79. The minimum atomic E-state index is 0.0451. The van der Waals surface area contributed by atoms with Gasteiger partial charge in [0.15, 0.2) is 5.43 Å². The van der Waals surface area contributed by atoms with E-state index in [4.69, 9.17) is 4.74 Å². The number of ether oxygens (including phenoxy) is 1. The van der Waals surface area contributed by atoms with E-state index in [0.717, 1.165) is 39.0 Å². The predicted octanol–water partition coefficient (Wildman–Crippen LogP) is 6.02. The highest BCUT2D eigenvalue weighted by atomic mass is 16.5. The van der Waals surface area contributed by atoms with E-state index in [9.17, 15) is 4.79 Å². The van der Waals surface area contributed by atoms with Gasteiger partial charge >= 0.3 is 0 Å². The first kappa shape index (κ1) is 17.3. The highest BCUT2D eigenvalue weighted by Crippen LogP contribution is 2.35. The van der Waals surface area contributed by atoms with Crippen LogP contribution in [0.25, 0.3) is 44.1 Å². The first-order valence-corrected chi connectivity index (χ1v) is 9.53. The second-order valence-corrected chi connectivity index (χ2v) is 7.04. The molecule has 0 aliphatic rings. The molecule has 3 nitrogen and oxygen atoms in total. The van der Waals surface area contributed by atoms with Crippen molar-refractivity contribution in [3.8, 4) is 28.0 Å². The summed E-state index contributed by atoms with van der Waals surface area (Å²) in [6.07, 6.45) is 0. The summed E-state index contributed by atoms with van der Waals surface area (Å²) < 4.78 is 5.30. The molecule has 0 saturated heterocycles. The molecule has 0 spiro atoms. The number of benzene rings is 4. The van der Waals surface area contributed by atoms with Gasteiger partial charge < -0.3 is 9.72 Å². The van der Waals surface area contributed by atoms with Crippen molar-refractivity contribution in [2.75, 3.05) is 7.11 Å². The summed E-state index contributed by atoms with van der Waals surface area (Å²) in [6, 6.07) is 29.9. The average molecular weight is 377 g/mol. The molecule has 0 aliphatic carbocycles. The van der Waals surface area contributed by atoms with Gasteiger partial charge in [0.05, 0.1) is 12.6 Å². The molecule has 4 aromatic carbocycles. The summed E-state index contributed by atoms with van der Waals surface area (Å²) >= 11 is 0. The van der Waals surface area contributed by atoms with E-state index >= 15 is 0 Å². The fraction of sp³-hybridized carbons (Fsp3) is 0.0385. The van der Waals surface area contributed by atoms with E-state index in [1.54, 1.807) is 7.11 Å². The molecular weight excluding hydrogens is 358 g/mol. The Labute approximate surface area is 168 Å². The smallest absolute Gasteiger partial charge is 0.197 e. The van der Waals surface area contributed by atoms with Gasteiger partial charge in [-0.05, 0) is 58.7 Å². The van der Waals surface area contributed by atoms with Gasteiger partial charge in [-0.15, -0.1) is 0 Å². The predicted molar refractivity (Wildman–Crippen MR) is 119 cm³/mol. The molecule has 0 radical (unpaired) electrons. The van der Waals surface area contributed by atoms with Crippen molar-refractivity contribution in [1.82, 2.24) is 4.98 Å². The monoisotopic (exact) mass is 377 g/mol. The zero-order chi connectivity index (χ0) is 19.8. The van der Waals surface area contributed by atoms with Gasteiger partial charge in [-0.3, -0.25) is 4.79 Å². The lowest BCUT2D eigenvalue weighted by molar-refractivity contribution is 0.415. The van der Waals surface area contributed by atoms with E-state index in [-0.39, 0.29) is 5.43 Å². The van der Waals surface area contributed by atoms with E-state index in [2.05, 4.69) is 23.2 Å². The molecule has 0 unspecified atom stereocenters. The Kier molecular flexibility index (Phi) is 4.14. The van der Waals surface area contributed by atoms with Crippen molar-refractivity contribution in [1.29, 1.82) is 0 Å². The number of methoxy groups -OCH3 is 1. The Balaban J connectivity index is 1.86. The lowest BCUT2D eigenvalue weighted by atomic mass is 9.92. The number of aromatic nitrogens is 1. The molecule has 0 atom stereocenters. The number of H-pyrrole nitrogens is 1. The molecule has 0 saturated carbocycles. The number of hydrogen-bond donors (Lipinski definition) is 1. The molecular formula is C26H19NO2. The molecule has 0 aliphatic heterocycles. The van der Waals surface area contributed by atoms with Crippen molar-refractivity contribution in [2.24, 2.45) is 0 Å². The topological polar surface area (TPSA) is 42.1 Å². The molecule has 1 N–H and O–H groups in total. The van der Waals surface area contributed by atoms with Crippen molar-refractivity contribution >= 4 is 21.8 Å². The quantitative estimate of drug-likeness (QED) is 0.390. The normalized spacial score (nSPS) is 11.1. The SMILES string of the molecule is COc1ccc(-c2cc3c(=O)c4ccccc4[nH]c3cc2-c2ccccc2)cc1. The van der Waals surface area contributed by atoms with Gasteiger partial charge in [0, 0.05) is 16.3 Å². The van der Waals surface area contributed by atoms with Gasteiger partial charge in [-0.25, -0.2) is 0 Å². The van der Waals surface area contributed by atoms with Crippen molar-refractivity contribution in [3.05, 3.63) is 101 Å². The number of nitrogens with one attached hydrogen (secondary N) is 1. The van der Waals surface area contributed by atoms with Crippen LogP contribution in [0.15, 0.2) is 95.8 Å². The maximum Gasteiger partial charge on any atom is 0.197 e. The zero-order valence-electron chi connectivity index (χ0n) is 16.0. The van der Waals surface area contributed by atoms with Crippen molar-refractivity contribution < 1.29 is 4.74 Å². The van der Waals surface area contributed by atoms with Gasteiger partial charge in [0.2, 0.25) is 0 Å². The van der Waals surface area contributed by atoms with E-state index in [0.29, 0.717) is 10.8 Å². The van der Waals surface area contributed by atoms with Gasteiger partial charge in [0.1, 0.15) is 5.75 Å². The fourth-order valence-electron chi connectivity index (χ4n) is 3.84. The summed E-state index contributed by atoms with van der Waals surface area (Å²) in [5, 5.41) is 1.39. The van der Waals surface area contributed by atoms with Gasteiger partial charge in [0.25, 0.3) is 0 Å². The molecule has 1 heterocycles. The Morgan fingerprint density at radius 1 is 0.655 bits per heavy atom. The molecule has 5 aromatic rings. The Bertz CT molecular complexity index is 1380. The minimum absolute atomic E-state index is 0.0451. The zero-order valence-corrected chi connectivity index (χ0v) is 16.0. The van der Waals surface area contributed by atoms with Crippen molar-refractivity contribution in [3.63, 3.8) is 0 Å². The largest absolute Gasteiger partial charge is 0.497 e. The summed E-state index contributed by atoms with van der Waals surface area (Å²) in [5.74, 6) is 0.805. The molecule has 0 bridgehead atoms. The van der Waals surface area contributed by atoms with Crippen LogP contribution >= 0.6 is 0 Å². The molecule has 0 amide bonds. The Morgan fingerprint density at radius 2 is 1.31 bits per heavy atom. The number of fused-ring (bicyclic) bond motifs is 2. The molecule has 29 heavy (non-hydrogen) atoms. The maximum atomic E-state index is 13.2. The minimum Gasteiger partial charge on any atom is -0.497 e. The van der Waals surface area contributed by atoms with Crippen LogP contribution in [-0.4, -0.2) is 12.1 Å². The first-order valence-electron chi connectivity index (χ1n) is 9.53. The van der Waals surface area contributed by atoms with Crippen LogP contribution in [0.1, 0.15) is 0 Å². The number of hydrogen-bond acceptors (Lipinski definition) is 2. The standard InChI is InChI=1S/C26H19NO2/c1-29-19-13-11-18(12-14-19)21-15-23-25(16-22(21)17-7-3-2-4-8-17)27-24-10-6-5-9-20(24)26(23)28/h2-16H,1H3,(H,27,28). The lowest BCUT2D eigenvalue weighted by Gasteiger charge is -2.13. The van der Waals surface area contributed by atoms with E-state index < -0.39 is 0 Å². The Hall–Kier alpha value is -3.85. The van der Waals surface area contributed by atoms with Crippen LogP contribution in [0.4, 0.5) is 0 Å². The summed E-state index contributed by atoms with van der Waals surface area (Å²) in [5.41, 5.74) is 5.98. The van der Waals surface area contributed by atoms with Gasteiger partial charge in [-0.2, -0.15) is 0 Å². The molecule has 1 aromatic heterocycles. The maximum absolute atomic E-state index is 13.2. The van der Waals surface area contributed by atoms with E-state index in [1.165, 1.54) is 0 Å². The van der Waals surface area contributed by atoms with Crippen LogP contribution in [0.3, 0.4) is 0 Å². The molecule has 140 valence electrons. The third-order valence-electron chi connectivity index (χ3n) is 5.33. The second kappa shape index (κ2) is 6.95. The Morgan fingerprint density at radius 3 is 2.07 bits per heavy atom. The fourth-order valence-corrected chi connectivity index (χ4v) is 3.84. The lowest BCUT2D eigenvalue weighted by Crippen LogP contribution is -2.04. The number of pyridine rings is 1. The second-order valence-electron chi connectivity index (χ2n) is 7.04. The number of para-hydroxylation sites is 1. The summed E-state index contributed by atoms with van der Waals surface area (Å²) in [4.78, 5) is 16.6. The van der Waals surface area contributed by atoms with Crippen LogP contribution in [-0.2, 0) is 0 Å². The first-order chi connectivity index (χ1) is 14.2. The van der Waals surface area contributed by atoms with Crippen LogP contribution in [0.2, 0.25) is 0 Å². The van der Waals surface area contributed by atoms with Crippen LogP contribution in [0, 0.1) is 0 Å². The van der Waals surface area contributed by atoms with E-state index in [1.807, 2.05) is 72.8 Å². The molecule has 5 rings (SSSR count). The summed E-state index contributed by atoms with van der Waals surface area (Å²) in [7, 11) is 1.66. The number of aromatic amines is 1. The third-order valence-corrected chi connectivity index (χ3v) is 5.33. The number of rotatable bonds is 3. The van der Waals surface area contributed by atoms with Crippen LogP contribution < -0.4 is 10.2 Å². The van der Waals surface area contributed by atoms with Gasteiger partial charge in [-0.1, -0.05) is 54.6 Å². The van der Waals surface area contributed by atoms with Crippen molar-refractivity contribution in [2.45, 2.75) is 0 Å². The molecule has 3 heteroatoms. The molecule has 0 fully saturated rings.